The number of halogens is 1. The van der Waals surface area contributed by atoms with E-state index in [4.69, 9.17) is 0 Å². The summed E-state index contributed by atoms with van der Waals surface area (Å²) in [6, 6.07) is 2.04. The first-order valence-electron chi connectivity index (χ1n) is 4.35. The highest BCUT2D eigenvalue weighted by atomic mass is 79.9. The zero-order valence-electron chi connectivity index (χ0n) is 8.29. The van der Waals surface area contributed by atoms with E-state index in [2.05, 4.69) is 26.0 Å². The van der Waals surface area contributed by atoms with Gasteiger partial charge in [0.2, 0.25) is 10.0 Å². The highest BCUT2D eigenvalue weighted by Crippen LogP contribution is 2.19. The van der Waals surface area contributed by atoms with Crippen LogP contribution in [0, 0.1) is 0 Å². The van der Waals surface area contributed by atoms with Gasteiger partial charge in [0.25, 0.3) is 0 Å². The summed E-state index contributed by atoms with van der Waals surface area (Å²) in [6.45, 7) is 1.82. The Hall–Kier alpha value is 0.0500. The van der Waals surface area contributed by atoms with E-state index in [1.165, 1.54) is 4.88 Å². The molecule has 0 aliphatic heterocycles. The van der Waals surface area contributed by atoms with Crippen LogP contribution in [0.15, 0.2) is 15.9 Å². The standard InChI is InChI=1S/C8H13BrN2O2S2/c1-15(12,13)11-3-2-10-5-8-4-7(9)6-14-8/h4,6,10-11H,2-3,5H2,1H3. The molecule has 0 aromatic carbocycles. The van der Waals surface area contributed by atoms with Crippen LogP contribution in [0.4, 0.5) is 0 Å². The Morgan fingerprint density at radius 2 is 2.20 bits per heavy atom. The van der Waals surface area contributed by atoms with Crippen LogP contribution >= 0.6 is 27.3 Å². The first kappa shape index (κ1) is 13.1. The zero-order chi connectivity index (χ0) is 11.3. The summed E-state index contributed by atoms with van der Waals surface area (Å²) in [5.41, 5.74) is 0. The molecule has 4 nitrogen and oxygen atoms in total. The van der Waals surface area contributed by atoms with Crippen LogP contribution < -0.4 is 10.0 Å². The normalized spacial score (nSPS) is 11.9. The lowest BCUT2D eigenvalue weighted by atomic mass is 10.4. The summed E-state index contributed by atoms with van der Waals surface area (Å²) >= 11 is 5.04. The van der Waals surface area contributed by atoms with Crippen LogP contribution in [0.2, 0.25) is 0 Å². The number of rotatable bonds is 6. The molecule has 1 rings (SSSR count). The van der Waals surface area contributed by atoms with E-state index in [0.717, 1.165) is 17.3 Å². The van der Waals surface area contributed by atoms with Gasteiger partial charge in [-0.05, 0) is 22.0 Å². The molecule has 0 atom stereocenters. The van der Waals surface area contributed by atoms with Crippen LogP contribution in [0.1, 0.15) is 4.88 Å². The molecule has 1 aromatic rings. The van der Waals surface area contributed by atoms with Crippen molar-refractivity contribution < 1.29 is 8.42 Å². The van der Waals surface area contributed by atoms with Crippen LogP contribution in [0.5, 0.6) is 0 Å². The average Bonchev–Trinajstić information content (AvgIpc) is 2.49. The third kappa shape index (κ3) is 6.26. The van der Waals surface area contributed by atoms with E-state index in [0.29, 0.717) is 13.1 Å². The lowest BCUT2D eigenvalue weighted by Crippen LogP contribution is -2.30. The SMILES string of the molecule is CS(=O)(=O)NCCNCc1cc(Br)cs1. The topological polar surface area (TPSA) is 58.2 Å². The van der Waals surface area contributed by atoms with Gasteiger partial charge in [0.1, 0.15) is 0 Å². The highest BCUT2D eigenvalue weighted by Gasteiger charge is 1.99. The maximum Gasteiger partial charge on any atom is 0.208 e. The number of hydrogen-bond donors (Lipinski definition) is 2. The number of thiophene rings is 1. The lowest BCUT2D eigenvalue weighted by molar-refractivity contribution is 0.582. The number of sulfonamides is 1. The van der Waals surface area contributed by atoms with Crippen molar-refractivity contribution in [2.75, 3.05) is 19.3 Å². The summed E-state index contributed by atoms with van der Waals surface area (Å²) in [5, 5.41) is 5.17. The number of nitrogens with one attached hydrogen (secondary N) is 2. The van der Waals surface area contributed by atoms with Gasteiger partial charge < -0.3 is 5.32 Å². The molecule has 0 saturated heterocycles. The minimum atomic E-state index is -3.06. The number of hydrogen-bond acceptors (Lipinski definition) is 4. The third-order valence-corrected chi connectivity index (χ3v) is 4.01. The van der Waals surface area contributed by atoms with Crippen LogP contribution in [0.3, 0.4) is 0 Å². The first-order valence-corrected chi connectivity index (χ1v) is 7.92. The van der Waals surface area contributed by atoms with Crippen molar-refractivity contribution >= 4 is 37.3 Å². The minimum Gasteiger partial charge on any atom is -0.311 e. The Balaban J connectivity index is 2.12. The van der Waals surface area contributed by atoms with Gasteiger partial charge in [0.15, 0.2) is 0 Å². The summed E-state index contributed by atoms with van der Waals surface area (Å²) < 4.78 is 24.9. The maximum absolute atomic E-state index is 10.7. The second-order valence-electron chi connectivity index (χ2n) is 3.07. The fourth-order valence-electron chi connectivity index (χ4n) is 0.983. The predicted octanol–water partition coefficient (Wildman–Crippen LogP) is 1.15. The molecule has 0 bridgehead atoms. The molecular weight excluding hydrogens is 300 g/mol. The summed E-state index contributed by atoms with van der Waals surface area (Å²) in [5.74, 6) is 0. The monoisotopic (exact) mass is 312 g/mol. The van der Waals surface area contributed by atoms with Crippen molar-refractivity contribution in [1.29, 1.82) is 0 Å². The van der Waals surface area contributed by atoms with E-state index >= 15 is 0 Å². The summed E-state index contributed by atoms with van der Waals surface area (Å²) in [6.07, 6.45) is 1.16. The Morgan fingerprint density at radius 1 is 1.47 bits per heavy atom. The molecule has 1 heterocycles. The van der Waals surface area contributed by atoms with Crippen molar-refractivity contribution in [3.05, 3.63) is 20.8 Å². The first-order chi connectivity index (χ1) is 6.97. The van der Waals surface area contributed by atoms with Gasteiger partial charge in [-0.3, -0.25) is 0 Å². The minimum absolute atomic E-state index is 0.422. The fourth-order valence-corrected chi connectivity index (χ4v) is 2.88. The molecule has 0 unspecified atom stereocenters. The van der Waals surface area contributed by atoms with Crippen molar-refractivity contribution in [2.45, 2.75) is 6.54 Å². The molecule has 1 aromatic heterocycles. The van der Waals surface area contributed by atoms with Crippen molar-refractivity contribution in [3.63, 3.8) is 0 Å². The largest absolute Gasteiger partial charge is 0.311 e. The van der Waals surface area contributed by atoms with Gasteiger partial charge in [-0.1, -0.05) is 0 Å². The summed E-state index contributed by atoms with van der Waals surface area (Å²) in [4.78, 5) is 1.22. The van der Waals surface area contributed by atoms with Crippen LogP contribution in [0.25, 0.3) is 0 Å². The Kier molecular flexibility index (Phi) is 5.20. The third-order valence-electron chi connectivity index (χ3n) is 1.59. The van der Waals surface area contributed by atoms with E-state index in [1.54, 1.807) is 11.3 Å². The molecule has 0 spiro atoms. The van der Waals surface area contributed by atoms with Gasteiger partial charge in [-0.15, -0.1) is 11.3 Å². The van der Waals surface area contributed by atoms with Gasteiger partial charge >= 0.3 is 0 Å². The van der Waals surface area contributed by atoms with E-state index in [9.17, 15) is 8.42 Å². The van der Waals surface area contributed by atoms with Crippen molar-refractivity contribution in [2.24, 2.45) is 0 Å². The van der Waals surface area contributed by atoms with Gasteiger partial charge in [-0.25, -0.2) is 13.1 Å². The predicted molar refractivity (Wildman–Crippen MR) is 66.6 cm³/mol. The van der Waals surface area contributed by atoms with Crippen LogP contribution in [-0.2, 0) is 16.6 Å². The Morgan fingerprint density at radius 3 is 2.73 bits per heavy atom. The Bertz CT molecular complexity index is 403. The Labute approximate surface area is 102 Å². The molecule has 0 aliphatic rings. The highest BCUT2D eigenvalue weighted by molar-refractivity contribution is 9.10. The zero-order valence-corrected chi connectivity index (χ0v) is 11.5. The quantitative estimate of drug-likeness (QED) is 0.775. The van der Waals surface area contributed by atoms with E-state index in [1.807, 2.05) is 11.4 Å². The molecule has 15 heavy (non-hydrogen) atoms. The van der Waals surface area contributed by atoms with E-state index in [-0.39, 0.29) is 0 Å². The summed E-state index contributed by atoms with van der Waals surface area (Å²) in [7, 11) is -3.06. The molecule has 0 aliphatic carbocycles. The molecular formula is C8H13BrN2O2S2. The lowest BCUT2D eigenvalue weighted by Gasteiger charge is -2.03. The maximum atomic E-state index is 10.7. The smallest absolute Gasteiger partial charge is 0.208 e. The molecule has 0 radical (unpaired) electrons. The average molecular weight is 313 g/mol. The second kappa shape index (κ2) is 5.95. The van der Waals surface area contributed by atoms with Crippen molar-refractivity contribution in [1.82, 2.24) is 10.0 Å². The molecule has 0 saturated carbocycles. The van der Waals surface area contributed by atoms with Gasteiger partial charge in [0.05, 0.1) is 6.26 Å². The molecule has 2 N–H and O–H groups in total. The van der Waals surface area contributed by atoms with Gasteiger partial charge in [0, 0.05) is 34.4 Å². The van der Waals surface area contributed by atoms with Crippen molar-refractivity contribution in [3.8, 4) is 0 Å². The van der Waals surface area contributed by atoms with E-state index < -0.39 is 10.0 Å². The second-order valence-corrected chi connectivity index (χ2v) is 6.82. The molecule has 0 fully saturated rings. The fraction of sp³-hybridized carbons (Fsp3) is 0.500. The van der Waals surface area contributed by atoms with Gasteiger partial charge in [-0.2, -0.15) is 0 Å². The molecule has 86 valence electrons. The molecule has 7 heteroatoms. The molecule has 0 amide bonds. The van der Waals surface area contributed by atoms with Crippen LogP contribution in [-0.4, -0.2) is 27.8 Å².